The van der Waals surface area contributed by atoms with Gasteiger partial charge in [0.2, 0.25) is 0 Å². The van der Waals surface area contributed by atoms with Gasteiger partial charge in [0, 0.05) is 12.6 Å². The van der Waals surface area contributed by atoms with Crippen LogP contribution in [-0.4, -0.2) is 48.3 Å². The van der Waals surface area contributed by atoms with Crippen molar-refractivity contribution in [2.24, 2.45) is 11.8 Å². The maximum atomic E-state index is 9.87. The minimum absolute atomic E-state index is 0.0233. The first-order valence-corrected chi connectivity index (χ1v) is 7.83. The molecule has 1 saturated heterocycles. The first kappa shape index (κ1) is 12.9. The number of piperidine rings is 1. The van der Waals surface area contributed by atoms with Gasteiger partial charge in [-0.1, -0.05) is 6.42 Å². The number of fused-ring (bicyclic) bond motifs is 1. The Morgan fingerprint density at radius 2 is 1.94 bits per heavy atom. The van der Waals surface area contributed by atoms with E-state index in [9.17, 15) is 5.11 Å². The third kappa shape index (κ3) is 2.21. The van der Waals surface area contributed by atoms with Crippen molar-refractivity contribution in [1.82, 2.24) is 10.2 Å². The molecule has 3 unspecified atom stereocenters. The highest BCUT2D eigenvalue weighted by Gasteiger charge is 2.47. The van der Waals surface area contributed by atoms with Crippen LogP contribution < -0.4 is 5.32 Å². The fraction of sp³-hybridized carbons (Fsp3) is 1.00. The van der Waals surface area contributed by atoms with Crippen LogP contribution in [0.1, 0.15) is 44.9 Å². The fourth-order valence-electron chi connectivity index (χ4n) is 4.42. The zero-order valence-corrected chi connectivity index (χ0v) is 11.7. The second-order valence-corrected chi connectivity index (χ2v) is 6.71. The molecule has 0 bridgehead atoms. The largest absolute Gasteiger partial charge is 0.394 e. The molecule has 104 valence electrons. The van der Waals surface area contributed by atoms with Crippen molar-refractivity contribution < 1.29 is 5.11 Å². The Bertz CT molecular complexity index is 286. The molecule has 0 spiro atoms. The van der Waals surface area contributed by atoms with Crippen LogP contribution >= 0.6 is 0 Å². The van der Waals surface area contributed by atoms with Crippen molar-refractivity contribution in [3.05, 3.63) is 0 Å². The molecular weight excluding hydrogens is 224 g/mol. The van der Waals surface area contributed by atoms with E-state index in [4.69, 9.17) is 0 Å². The summed E-state index contributed by atoms with van der Waals surface area (Å²) in [7, 11) is 2.03. The number of rotatable bonds is 5. The first-order chi connectivity index (χ1) is 8.79. The van der Waals surface area contributed by atoms with Crippen molar-refractivity contribution in [1.29, 1.82) is 0 Å². The Morgan fingerprint density at radius 3 is 2.61 bits per heavy atom. The van der Waals surface area contributed by atoms with Gasteiger partial charge in [0.1, 0.15) is 0 Å². The highest BCUT2D eigenvalue weighted by molar-refractivity contribution is 5.04. The average Bonchev–Trinajstić information content (AvgIpc) is 3.14. The van der Waals surface area contributed by atoms with Crippen molar-refractivity contribution in [2.75, 3.05) is 26.7 Å². The Labute approximate surface area is 111 Å². The highest BCUT2D eigenvalue weighted by Crippen LogP contribution is 2.42. The zero-order valence-electron chi connectivity index (χ0n) is 11.7. The summed E-state index contributed by atoms with van der Waals surface area (Å²) in [4.78, 5) is 2.70. The van der Waals surface area contributed by atoms with Gasteiger partial charge in [-0.05, 0) is 64.0 Å². The summed E-state index contributed by atoms with van der Waals surface area (Å²) >= 11 is 0. The molecule has 0 amide bonds. The van der Waals surface area contributed by atoms with Crippen molar-refractivity contribution in [3.63, 3.8) is 0 Å². The topological polar surface area (TPSA) is 35.5 Å². The monoisotopic (exact) mass is 252 g/mol. The number of aliphatic hydroxyl groups is 1. The molecule has 3 heteroatoms. The maximum absolute atomic E-state index is 9.87. The summed E-state index contributed by atoms with van der Waals surface area (Å²) < 4.78 is 0. The molecule has 2 aliphatic carbocycles. The minimum Gasteiger partial charge on any atom is -0.394 e. The van der Waals surface area contributed by atoms with E-state index in [0.29, 0.717) is 12.5 Å². The average molecular weight is 252 g/mol. The van der Waals surface area contributed by atoms with E-state index in [1.165, 1.54) is 51.5 Å². The smallest absolute Gasteiger partial charge is 0.0628 e. The Kier molecular flexibility index (Phi) is 3.65. The number of likely N-dealkylation sites (tertiary alicyclic amines) is 1. The summed E-state index contributed by atoms with van der Waals surface area (Å²) in [5.41, 5.74) is -0.0233. The lowest BCUT2D eigenvalue weighted by Gasteiger charge is -2.44. The third-order valence-electron chi connectivity index (χ3n) is 5.73. The van der Waals surface area contributed by atoms with Crippen LogP contribution in [0.25, 0.3) is 0 Å². The normalized spacial score (nSPS) is 36.3. The predicted octanol–water partition coefficient (Wildman–Crippen LogP) is 1.61. The van der Waals surface area contributed by atoms with Gasteiger partial charge in [-0.15, -0.1) is 0 Å². The zero-order chi connectivity index (χ0) is 12.6. The molecule has 3 atom stereocenters. The lowest BCUT2D eigenvalue weighted by atomic mass is 9.87. The van der Waals surface area contributed by atoms with E-state index in [0.717, 1.165) is 18.5 Å². The van der Waals surface area contributed by atoms with E-state index in [1.54, 1.807) is 0 Å². The van der Waals surface area contributed by atoms with E-state index in [1.807, 2.05) is 7.05 Å². The number of aliphatic hydroxyl groups excluding tert-OH is 1. The molecule has 3 fully saturated rings. The Morgan fingerprint density at radius 1 is 1.17 bits per heavy atom. The molecule has 0 radical (unpaired) electrons. The minimum atomic E-state index is -0.0233. The molecule has 2 N–H and O–H groups in total. The van der Waals surface area contributed by atoms with Gasteiger partial charge in [0.05, 0.1) is 12.1 Å². The van der Waals surface area contributed by atoms with E-state index in [2.05, 4.69) is 10.2 Å². The molecule has 0 aromatic heterocycles. The second-order valence-electron chi connectivity index (χ2n) is 6.71. The van der Waals surface area contributed by atoms with Crippen LogP contribution in [0.2, 0.25) is 0 Å². The van der Waals surface area contributed by atoms with Gasteiger partial charge in [0.15, 0.2) is 0 Å². The first-order valence-electron chi connectivity index (χ1n) is 7.83. The van der Waals surface area contributed by atoms with Gasteiger partial charge in [-0.25, -0.2) is 0 Å². The van der Waals surface area contributed by atoms with Crippen LogP contribution in [0.15, 0.2) is 0 Å². The molecular formula is C15H28N2O. The van der Waals surface area contributed by atoms with Gasteiger partial charge in [0.25, 0.3) is 0 Å². The Hall–Kier alpha value is -0.120. The summed E-state index contributed by atoms with van der Waals surface area (Å²) in [6, 6.07) is 0.816. The van der Waals surface area contributed by atoms with Gasteiger partial charge in [-0.2, -0.15) is 0 Å². The number of hydrogen-bond acceptors (Lipinski definition) is 3. The van der Waals surface area contributed by atoms with Gasteiger partial charge >= 0.3 is 0 Å². The van der Waals surface area contributed by atoms with Crippen LogP contribution in [-0.2, 0) is 0 Å². The van der Waals surface area contributed by atoms with E-state index in [-0.39, 0.29) is 5.54 Å². The van der Waals surface area contributed by atoms with E-state index < -0.39 is 0 Å². The SMILES string of the molecule is CNC(CO)(CN1CCCC2CCCC21)C1CC1. The van der Waals surface area contributed by atoms with Crippen LogP contribution in [0.5, 0.6) is 0 Å². The van der Waals surface area contributed by atoms with Crippen LogP contribution in [0, 0.1) is 11.8 Å². The summed E-state index contributed by atoms with van der Waals surface area (Å²) in [6.07, 6.45) is 9.64. The van der Waals surface area contributed by atoms with Gasteiger partial charge in [-0.3, -0.25) is 4.90 Å². The molecule has 3 rings (SSSR count). The van der Waals surface area contributed by atoms with Crippen molar-refractivity contribution >= 4 is 0 Å². The maximum Gasteiger partial charge on any atom is 0.0628 e. The number of nitrogens with zero attached hydrogens (tertiary/aromatic N) is 1. The molecule has 0 aromatic carbocycles. The van der Waals surface area contributed by atoms with Crippen LogP contribution in [0.3, 0.4) is 0 Å². The molecule has 1 heterocycles. The van der Waals surface area contributed by atoms with E-state index >= 15 is 0 Å². The molecule has 2 saturated carbocycles. The van der Waals surface area contributed by atoms with Crippen molar-refractivity contribution in [2.45, 2.75) is 56.5 Å². The molecule has 1 aliphatic heterocycles. The molecule has 3 nitrogen and oxygen atoms in total. The molecule has 3 aliphatic rings. The standard InChI is InChI=1S/C15H28N2O/c1-16-15(11-18,13-7-8-13)10-17-9-3-5-12-4-2-6-14(12)17/h12-14,16,18H,2-11H2,1H3. The number of nitrogens with one attached hydrogen (secondary N) is 1. The predicted molar refractivity (Wildman–Crippen MR) is 73.5 cm³/mol. The quantitative estimate of drug-likeness (QED) is 0.780. The summed E-state index contributed by atoms with van der Waals surface area (Å²) in [5, 5.41) is 13.3. The van der Waals surface area contributed by atoms with Crippen LogP contribution in [0.4, 0.5) is 0 Å². The van der Waals surface area contributed by atoms with Gasteiger partial charge < -0.3 is 10.4 Å². The fourth-order valence-corrected chi connectivity index (χ4v) is 4.42. The number of hydrogen-bond donors (Lipinski definition) is 2. The third-order valence-corrected chi connectivity index (χ3v) is 5.73. The molecule has 18 heavy (non-hydrogen) atoms. The molecule has 0 aromatic rings. The second kappa shape index (κ2) is 5.10. The summed E-state index contributed by atoms with van der Waals surface area (Å²) in [5.74, 6) is 1.65. The lowest BCUT2D eigenvalue weighted by molar-refractivity contribution is 0.0434. The van der Waals surface area contributed by atoms with Crippen molar-refractivity contribution in [3.8, 4) is 0 Å². The highest BCUT2D eigenvalue weighted by atomic mass is 16.3. The number of likely N-dealkylation sites (N-methyl/N-ethyl adjacent to an activating group) is 1. The lowest BCUT2D eigenvalue weighted by Crippen LogP contribution is -2.59. The Balaban J connectivity index is 1.69. The summed E-state index contributed by atoms with van der Waals surface area (Å²) in [6.45, 7) is 2.60.